The molecule has 1 aromatic carbocycles. The van der Waals surface area contributed by atoms with Crippen LogP contribution in [0.4, 0.5) is 0 Å². The van der Waals surface area contributed by atoms with E-state index in [1.165, 1.54) is 4.31 Å². The quantitative estimate of drug-likeness (QED) is 0.793. The van der Waals surface area contributed by atoms with Crippen molar-refractivity contribution in [1.29, 1.82) is 0 Å². The highest BCUT2D eigenvalue weighted by molar-refractivity contribution is 7.89. The molecule has 0 saturated carbocycles. The third kappa shape index (κ3) is 3.97. The molecule has 0 aromatic heterocycles. The van der Waals surface area contributed by atoms with Crippen LogP contribution >= 0.6 is 0 Å². The first-order chi connectivity index (χ1) is 11.1. The second kappa shape index (κ2) is 7.07. The van der Waals surface area contributed by atoms with Gasteiger partial charge in [-0.3, -0.25) is 0 Å². The largest absolute Gasteiger partial charge is 0.454 e. The minimum absolute atomic E-state index is 0.0609. The molecule has 2 heterocycles. The summed E-state index contributed by atoms with van der Waals surface area (Å²) in [6, 6.07) is 5.54. The number of rotatable bonds is 6. The standard InChI is InChI=1S/C16H23NO5S/c1-2-17(23(18,19)11-14-5-3-4-8-20-14)10-13-6-7-15-16(9-13)22-12-21-15/h6-7,9,14H,2-5,8,10-12H2,1H3/t14-/m0/s1. The van der Waals surface area contributed by atoms with Crippen molar-refractivity contribution in [3.05, 3.63) is 23.8 Å². The molecule has 0 bridgehead atoms. The van der Waals surface area contributed by atoms with E-state index in [1.807, 2.05) is 25.1 Å². The molecule has 1 fully saturated rings. The normalized spacial score (nSPS) is 20.9. The van der Waals surface area contributed by atoms with E-state index in [4.69, 9.17) is 14.2 Å². The first-order valence-corrected chi connectivity index (χ1v) is 9.67. The van der Waals surface area contributed by atoms with E-state index in [-0.39, 0.29) is 18.6 Å². The van der Waals surface area contributed by atoms with Gasteiger partial charge in [-0.1, -0.05) is 13.0 Å². The van der Waals surface area contributed by atoms with E-state index in [0.29, 0.717) is 31.2 Å². The Morgan fingerprint density at radius 3 is 2.78 bits per heavy atom. The molecule has 0 aliphatic carbocycles. The third-order valence-electron chi connectivity index (χ3n) is 4.21. The molecule has 0 N–H and O–H groups in total. The molecular formula is C16H23NO5S. The van der Waals surface area contributed by atoms with Gasteiger partial charge in [0.05, 0.1) is 11.9 Å². The molecule has 1 atom stereocenters. The van der Waals surface area contributed by atoms with E-state index in [1.54, 1.807) is 0 Å². The van der Waals surface area contributed by atoms with Gasteiger partial charge in [-0.05, 0) is 37.0 Å². The second-order valence-corrected chi connectivity index (χ2v) is 7.89. The van der Waals surface area contributed by atoms with Gasteiger partial charge in [0, 0.05) is 19.7 Å². The molecule has 0 spiro atoms. The fourth-order valence-electron chi connectivity index (χ4n) is 2.93. The van der Waals surface area contributed by atoms with Gasteiger partial charge in [-0.15, -0.1) is 0 Å². The van der Waals surface area contributed by atoms with E-state index in [2.05, 4.69) is 0 Å². The Hall–Kier alpha value is -1.31. The molecule has 1 aromatic rings. The maximum Gasteiger partial charge on any atom is 0.231 e. The lowest BCUT2D eigenvalue weighted by Gasteiger charge is -2.26. The number of fused-ring (bicyclic) bond motifs is 1. The van der Waals surface area contributed by atoms with Crippen molar-refractivity contribution in [3.8, 4) is 11.5 Å². The lowest BCUT2D eigenvalue weighted by atomic mass is 10.1. The summed E-state index contributed by atoms with van der Waals surface area (Å²) in [4.78, 5) is 0. The van der Waals surface area contributed by atoms with Crippen LogP contribution in [0.1, 0.15) is 31.7 Å². The number of nitrogens with zero attached hydrogens (tertiary/aromatic N) is 1. The molecule has 0 amide bonds. The van der Waals surface area contributed by atoms with Gasteiger partial charge >= 0.3 is 0 Å². The monoisotopic (exact) mass is 341 g/mol. The highest BCUT2D eigenvalue weighted by atomic mass is 32.2. The minimum Gasteiger partial charge on any atom is -0.454 e. The van der Waals surface area contributed by atoms with E-state index >= 15 is 0 Å². The summed E-state index contributed by atoms with van der Waals surface area (Å²) in [6.07, 6.45) is 2.69. The van der Waals surface area contributed by atoms with Crippen LogP contribution < -0.4 is 9.47 Å². The van der Waals surface area contributed by atoms with Crippen molar-refractivity contribution in [2.45, 2.75) is 38.8 Å². The molecule has 1 saturated heterocycles. The van der Waals surface area contributed by atoms with Gasteiger partial charge in [-0.2, -0.15) is 4.31 Å². The highest BCUT2D eigenvalue weighted by Gasteiger charge is 2.27. The summed E-state index contributed by atoms with van der Waals surface area (Å²) in [5, 5.41) is 0. The number of benzene rings is 1. The maximum atomic E-state index is 12.7. The summed E-state index contributed by atoms with van der Waals surface area (Å²) in [5.41, 5.74) is 0.893. The number of sulfonamides is 1. The van der Waals surface area contributed by atoms with Crippen LogP contribution in [0.15, 0.2) is 18.2 Å². The number of ether oxygens (including phenoxy) is 3. The number of hydrogen-bond acceptors (Lipinski definition) is 5. The Kier molecular flexibility index (Phi) is 5.08. The zero-order valence-electron chi connectivity index (χ0n) is 13.4. The average Bonchev–Trinajstić information content (AvgIpc) is 3.00. The lowest BCUT2D eigenvalue weighted by Crippen LogP contribution is -2.38. The molecule has 7 heteroatoms. The Morgan fingerprint density at radius 2 is 2.04 bits per heavy atom. The zero-order valence-corrected chi connectivity index (χ0v) is 14.2. The van der Waals surface area contributed by atoms with E-state index < -0.39 is 10.0 Å². The van der Waals surface area contributed by atoms with Crippen molar-refractivity contribution in [2.75, 3.05) is 25.7 Å². The van der Waals surface area contributed by atoms with Crippen molar-refractivity contribution < 1.29 is 22.6 Å². The van der Waals surface area contributed by atoms with Crippen molar-refractivity contribution >= 4 is 10.0 Å². The molecule has 23 heavy (non-hydrogen) atoms. The highest BCUT2D eigenvalue weighted by Crippen LogP contribution is 2.33. The first-order valence-electron chi connectivity index (χ1n) is 8.06. The Labute approximate surface area is 137 Å². The fourth-order valence-corrected chi connectivity index (χ4v) is 4.61. The van der Waals surface area contributed by atoms with Crippen LogP contribution in [0.3, 0.4) is 0 Å². The van der Waals surface area contributed by atoms with Gasteiger partial charge in [0.15, 0.2) is 11.5 Å². The van der Waals surface area contributed by atoms with Crippen LogP contribution in [-0.2, 0) is 21.3 Å². The molecule has 6 nitrogen and oxygen atoms in total. The Balaban J connectivity index is 1.68. The summed E-state index contributed by atoms with van der Waals surface area (Å²) in [6.45, 7) is 3.50. The zero-order chi connectivity index (χ0) is 16.3. The van der Waals surface area contributed by atoms with Crippen molar-refractivity contribution in [2.24, 2.45) is 0 Å². The van der Waals surface area contributed by atoms with Crippen LogP contribution in [0, 0.1) is 0 Å². The van der Waals surface area contributed by atoms with Crippen LogP contribution in [0.5, 0.6) is 11.5 Å². The Morgan fingerprint density at radius 1 is 1.22 bits per heavy atom. The summed E-state index contributed by atoms with van der Waals surface area (Å²) < 4.78 is 43.0. The summed E-state index contributed by atoms with van der Waals surface area (Å²) in [5.74, 6) is 1.44. The predicted molar refractivity (Wildman–Crippen MR) is 86.0 cm³/mol. The summed E-state index contributed by atoms with van der Waals surface area (Å²) >= 11 is 0. The van der Waals surface area contributed by atoms with Gasteiger partial charge in [0.1, 0.15) is 0 Å². The maximum absolute atomic E-state index is 12.7. The fraction of sp³-hybridized carbons (Fsp3) is 0.625. The van der Waals surface area contributed by atoms with Gasteiger partial charge in [0.25, 0.3) is 0 Å². The molecule has 3 rings (SSSR count). The van der Waals surface area contributed by atoms with Crippen LogP contribution in [0.25, 0.3) is 0 Å². The molecule has 2 aliphatic heterocycles. The van der Waals surface area contributed by atoms with Crippen molar-refractivity contribution in [3.63, 3.8) is 0 Å². The average molecular weight is 341 g/mol. The van der Waals surface area contributed by atoms with Gasteiger partial charge in [0.2, 0.25) is 16.8 Å². The van der Waals surface area contributed by atoms with Gasteiger partial charge < -0.3 is 14.2 Å². The predicted octanol–water partition coefficient (Wildman–Crippen LogP) is 2.14. The van der Waals surface area contributed by atoms with E-state index in [9.17, 15) is 8.42 Å². The molecule has 0 radical (unpaired) electrons. The lowest BCUT2D eigenvalue weighted by molar-refractivity contribution is 0.0298. The van der Waals surface area contributed by atoms with Crippen molar-refractivity contribution in [1.82, 2.24) is 4.31 Å². The summed E-state index contributed by atoms with van der Waals surface area (Å²) in [7, 11) is -3.35. The minimum atomic E-state index is -3.35. The molecule has 0 unspecified atom stereocenters. The Bertz CT molecular complexity index is 640. The third-order valence-corrected chi connectivity index (χ3v) is 6.18. The van der Waals surface area contributed by atoms with Crippen LogP contribution in [0.2, 0.25) is 0 Å². The first kappa shape index (κ1) is 16.5. The smallest absolute Gasteiger partial charge is 0.231 e. The second-order valence-electron chi connectivity index (χ2n) is 5.88. The molecule has 2 aliphatic rings. The number of hydrogen-bond donors (Lipinski definition) is 0. The van der Waals surface area contributed by atoms with Gasteiger partial charge in [-0.25, -0.2) is 8.42 Å². The topological polar surface area (TPSA) is 65.1 Å². The molecular weight excluding hydrogens is 318 g/mol. The van der Waals surface area contributed by atoms with E-state index in [0.717, 1.165) is 24.8 Å². The van der Waals surface area contributed by atoms with Crippen LogP contribution in [-0.4, -0.2) is 44.5 Å². The SMILES string of the molecule is CCN(Cc1ccc2c(c1)OCO2)S(=O)(=O)C[C@@H]1CCCCO1. The molecule has 128 valence electrons.